The molecule has 1 heterocycles. The van der Waals surface area contributed by atoms with E-state index in [9.17, 15) is 8.78 Å². The monoisotopic (exact) mass is 259 g/mol. The fourth-order valence-corrected chi connectivity index (χ4v) is 2.58. The zero-order chi connectivity index (χ0) is 13.2. The Balaban J connectivity index is 1.98. The van der Waals surface area contributed by atoms with Crippen LogP contribution in [0.5, 0.6) is 0 Å². The normalized spacial score (nSPS) is 18.7. The minimum Gasteiger partial charge on any atom is -0.310 e. The fraction of sp³-hybridized carbons (Fsp3) is 0.250. The maximum Gasteiger partial charge on any atom is 0.128 e. The molecule has 3 rings (SSSR count). The molecule has 98 valence electrons. The first-order valence-electron chi connectivity index (χ1n) is 6.53. The van der Waals surface area contributed by atoms with Crippen molar-refractivity contribution in [1.29, 1.82) is 0 Å². The van der Waals surface area contributed by atoms with Gasteiger partial charge in [-0.1, -0.05) is 18.2 Å². The molecule has 0 aromatic heterocycles. The van der Waals surface area contributed by atoms with E-state index < -0.39 is 0 Å². The van der Waals surface area contributed by atoms with E-state index in [2.05, 4.69) is 5.32 Å². The molecule has 19 heavy (non-hydrogen) atoms. The largest absolute Gasteiger partial charge is 0.310 e. The molecular formula is C16H15F2N. The van der Waals surface area contributed by atoms with Crippen LogP contribution in [0.4, 0.5) is 8.78 Å². The van der Waals surface area contributed by atoms with E-state index in [4.69, 9.17) is 0 Å². The average molecular weight is 259 g/mol. The lowest BCUT2D eigenvalue weighted by Crippen LogP contribution is -2.14. The molecule has 3 heteroatoms. The molecule has 2 aromatic rings. The minimum absolute atomic E-state index is 0.0976. The lowest BCUT2D eigenvalue weighted by molar-refractivity contribution is 0.559. The van der Waals surface area contributed by atoms with Crippen LogP contribution in [0.2, 0.25) is 0 Å². The van der Waals surface area contributed by atoms with Crippen molar-refractivity contribution in [2.75, 3.05) is 6.54 Å². The van der Waals surface area contributed by atoms with Crippen molar-refractivity contribution >= 4 is 0 Å². The summed E-state index contributed by atoms with van der Waals surface area (Å²) in [5, 5.41) is 3.30. The third-order valence-electron chi connectivity index (χ3n) is 3.61. The van der Waals surface area contributed by atoms with Gasteiger partial charge in [-0.2, -0.15) is 0 Å². The van der Waals surface area contributed by atoms with Crippen LogP contribution in [0, 0.1) is 11.6 Å². The highest BCUT2D eigenvalue weighted by molar-refractivity contribution is 5.64. The molecule has 0 aliphatic carbocycles. The Labute approximate surface area is 111 Å². The number of hydrogen-bond acceptors (Lipinski definition) is 1. The number of rotatable bonds is 2. The van der Waals surface area contributed by atoms with E-state index in [1.165, 1.54) is 18.2 Å². The van der Waals surface area contributed by atoms with E-state index in [0.717, 1.165) is 30.5 Å². The lowest BCUT2D eigenvalue weighted by Gasteiger charge is -2.13. The van der Waals surface area contributed by atoms with E-state index >= 15 is 0 Å². The van der Waals surface area contributed by atoms with Gasteiger partial charge in [0.2, 0.25) is 0 Å². The van der Waals surface area contributed by atoms with Crippen molar-refractivity contribution in [1.82, 2.24) is 5.32 Å². The molecule has 0 spiro atoms. The molecule has 0 radical (unpaired) electrons. The van der Waals surface area contributed by atoms with Crippen molar-refractivity contribution in [3.05, 3.63) is 59.7 Å². The number of benzene rings is 2. The van der Waals surface area contributed by atoms with Gasteiger partial charge in [0, 0.05) is 11.6 Å². The maximum absolute atomic E-state index is 13.9. The van der Waals surface area contributed by atoms with Crippen LogP contribution >= 0.6 is 0 Å². The van der Waals surface area contributed by atoms with Gasteiger partial charge in [0.05, 0.1) is 0 Å². The molecule has 1 nitrogen and oxygen atoms in total. The molecule has 1 aliphatic rings. The molecule has 1 aliphatic heterocycles. The molecule has 1 unspecified atom stereocenters. The topological polar surface area (TPSA) is 12.0 Å². The highest BCUT2D eigenvalue weighted by Crippen LogP contribution is 2.29. The Morgan fingerprint density at radius 2 is 1.68 bits per heavy atom. The Morgan fingerprint density at radius 3 is 2.37 bits per heavy atom. The quantitative estimate of drug-likeness (QED) is 0.857. The number of nitrogens with one attached hydrogen (secondary N) is 1. The SMILES string of the molecule is Fc1ccc(-c2ccc(F)c(C3CCCN3)c2)cc1. The maximum atomic E-state index is 13.9. The van der Waals surface area contributed by atoms with Crippen LogP contribution in [0.1, 0.15) is 24.4 Å². The third kappa shape index (κ3) is 2.51. The van der Waals surface area contributed by atoms with Gasteiger partial charge in [0.25, 0.3) is 0 Å². The molecule has 1 fully saturated rings. The molecule has 0 bridgehead atoms. The Morgan fingerprint density at radius 1 is 0.947 bits per heavy atom. The van der Waals surface area contributed by atoms with Crippen molar-refractivity contribution < 1.29 is 8.78 Å². The second-order valence-electron chi connectivity index (χ2n) is 4.89. The fourth-order valence-electron chi connectivity index (χ4n) is 2.58. The Hall–Kier alpha value is -1.74. The van der Waals surface area contributed by atoms with Gasteiger partial charge >= 0.3 is 0 Å². The minimum atomic E-state index is -0.261. The van der Waals surface area contributed by atoms with E-state index in [1.54, 1.807) is 18.2 Å². The van der Waals surface area contributed by atoms with Crippen LogP contribution in [0.3, 0.4) is 0 Å². The van der Waals surface area contributed by atoms with Gasteiger partial charge in [-0.05, 0) is 54.8 Å². The molecule has 0 amide bonds. The third-order valence-corrected chi connectivity index (χ3v) is 3.61. The first kappa shape index (κ1) is 12.3. The lowest BCUT2D eigenvalue weighted by atomic mass is 9.98. The second-order valence-corrected chi connectivity index (χ2v) is 4.89. The van der Waals surface area contributed by atoms with Gasteiger partial charge in [-0.15, -0.1) is 0 Å². The smallest absolute Gasteiger partial charge is 0.128 e. The van der Waals surface area contributed by atoms with Gasteiger partial charge in [0.1, 0.15) is 11.6 Å². The summed E-state index contributed by atoms with van der Waals surface area (Å²) < 4.78 is 26.8. The highest BCUT2D eigenvalue weighted by atomic mass is 19.1. The average Bonchev–Trinajstić information content (AvgIpc) is 2.94. The van der Waals surface area contributed by atoms with Crippen molar-refractivity contribution in [3.8, 4) is 11.1 Å². The standard InChI is InChI=1S/C16H15F2N/c17-13-6-3-11(4-7-13)12-5-8-15(18)14(10-12)16-2-1-9-19-16/h3-8,10,16,19H,1-2,9H2. The summed E-state index contributed by atoms with van der Waals surface area (Å²) in [7, 11) is 0. The van der Waals surface area contributed by atoms with Gasteiger partial charge in [-0.3, -0.25) is 0 Å². The summed E-state index contributed by atoms with van der Waals surface area (Å²) in [5.41, 5.74) is 2.53. The second kappa shape index (κ2) is 5.10. The first-order chi connectivity index (χ1) is 9.24. The zero-order valence-corrected chi connectivity index (χ0v) is 10.5. The first-order valence-corrected chi connectivity index (χ1v) is 6.53. The summed E-state index contributed by atoms with van der Waals surface area (Å²) in [6, 6.07) is 11.5. The Bertz CT molecular complexity index is 572. The van der Waals surface area contributed by atoms with Crippen LogP contribution in [0.15, 0.2) is 42.5 Å². The number of hydrogen-bond donors (Lipinski definition) is 1. The van der Waals surface area contributed by atoms with Gasteiger partial charge in [-0.25, -0.2) is 8.78 Å². The predicted octanol–water partition coefficient (Wildman–Crippen LogP) is 4.06. The van der Waals surface area contributed by atoms with E-state index in [1.807, 2.05) is 6.07 Å². The highest BCUT2D eigenvalue weighted by Gasteiger charge is 2.19. The van der Waals surface area contributed by atoms with E-state index in [-0.39, 0.29) is 17.7 Å². The molecule has 0 saturated carbocycles. The summed E-state index contributed by atoms with van der Waals surface area (Å²) in [5.74, 6) is -0.436. The van der Waals surface area contributed by atoms with Crippen molar-refractivity contribution in [2.45, 2.75) is 18.9 Å². The molecule has 1 saturated heterocycles. The molecule has 1 atom stereocenters. The molecule has 1 N–H and O–H groups in total. The van der Waals surface area contributed by atoms with Crippen LogP contribution in [-0.4, -0.2) is 6.54 Å². The summed E-state index contributed by atoms with van der Waals surface area (Å²) in [6.07, 6.45) is 2.04. The van der Waals surface area contributed by atoms with Crippen LogP contribution in [-0.2, 0) is 0 Å². The predicted molar refractivity (Wildman–Crippen MR) is 71.8 cm³/mol. The number of halogens is 2. The van der Waals surface area contributed by atoms with Crippen LogP contribution in [0.25, 0.3) is 11.1 Å². The summed E-state index contributed by atoms with van der Waals surface area (Å²) >= 11 is 0. The summed E-state index contributed by atoms with van der Waals surface area (Å²) in [4.78, 5) is 0. The molecular weight excluding hydrogens is 244 g/mol. The summed E-state index contributed by atoms with van der Waals surface area (Å²) in [6.45, 7) is 0.935. The van der Waals surface area contributed by atoms with Gasteiger partial charge in [0.15, 0.2) is 0 Å². The molecule has 2 aromatic carbocycles. The van der Waals surface area contributed by atoms with Gasteiger partial charge < -0.3 is 5.32 Å². The zero-order valence-electron chi connectivity index (χ0n) is 10.5. The van der Waals surface area contributed by atoms with Crippen molar-refractivity contribution in [2.24, 2.45) is 0 Å². The van der Waals surface area contributed by atoms with Crippen molar-refractivity contribution in [3.63, 3.8) is 0 Å². The Kier molecular flexibility index (Phi) is 3.30. The van der Waals surface area contributed by atoms with Crippen LogP contribution < -0.4 is 5.32 Å². The van der Waals surface area contributed by atoms with E-state index in [0.29, 0.717) is 5.56 Å².